The monoisotopic (exact) mass is 532 g/mol. The largest absolute Gasteiger partial charge is 0.493 e. The Balaban J connectivity index is 1.88. The molecule has 0 fully saturated rings. The van der Waals surface area contributed by atoms with E-state index >= 15 is 0 Å². The third-order valence-corrected chi connectivity index (χ3v) is 5.90. The second-order valence-corrected chi connectivity index (χ2v) is 8.20. The van der Waals surface area contributed by atoms with Gasteiger partial charge in [-0.1, -0.05) is 45.2 Å². The molecule has 0 heterocycles. The Hall–Kier alpha value is -3.05. The van der Waals surface area contributed by atoms with Crippen LogP contribution in [0.3, 0.4) is 0 Å². The molecule has 0 spiro atoms. The van der Waals surface area contributed by atoms with Crippen LogP contribution in [0.5, 0.6) is 11.5 Å². The highest BCUT2D eigenvalue weighted by Crippen LogP contribution is 2.36. The summed E-state index contributed by atoms with van der Waals surface area (Å²) in [6.07, 6.45) is 1.66. The molecule has 0 amide bonds. The Morgan fingerprint density at radius 3 is 2.44 bits per heavy atom. The Kier molecular flexibility index (Phi) is 7.75. The fourth-order valence-electron chi connectivity index (χ4n) is 2.82. The van der Waals surface area contributed by atoms with Crippen LogP contribution in [0.1, 0.15) is 16.7 Å². The maximum Gasteiger partial charge on any atom is 0.269 e. The summed E-state index contributed by atoms with van der Waals surface area (Å²) in [6.45, 7) is 0.251. The Morgan fingerprint density at radius 1 is 1.12 bits per heavy atom. The number of nitro groups is 1. The van der Waals surface area contributed by atoms with Crippen molar-refractivity contribution in [3.63, 3.8) is 0 Å². The minimum atomic E-state index is -0.488. The fraction of sp³-hybridized carbons (Fsp3) is 0.0870. The van der Waals surface area contributed by atoms with E-state index in [2.05, 4.69) is 22.0 Å². The minimum absolute atomic E-state index is 0.0441. The van der Waals surface area contributed by atoms with Crippen molar-refractivity contribution in [2.24, 2.45) is 0 Å². The minimum Gasteiger partial charge on any atom is -0.493 e. The first-order valence-electron chi connectivity index (χ1n) is 9.13. The molecule has 0 aromatic heterocycles. The first-order valence-corrected chi connectivity index (χ1v) is 10.7. The van der Waals surface area contributed by atoms with Gasteiger partial charge < -0.3 is 9.47 Å². The smallest absolute Gasteiger partial charge is 0.269 e. The van der Waals surface area contributed by atoms with Crippen LogP contribution in [0.4, 0.5) is 5.69 Å². The molecule has 0 radical (unpaired) electrons. The summed E-state index contributed by atoms with van der Waals surface area (Å²) < 4.78 is 12.0. The van der Waals surface area contributed by atoms with Gasteiger partial charge in [-0.05, 0) is 59.2 Å². The van der Waals surface area contributed by atoms with Gasteiger partial charge in [0, 0.05) is 16.6 Å². The maximum absolute atomic E-state index is 10.8. The Labute approximate surface area is 202 Å². The molecule has 3 rings (SSSR count). The molecule has 0 unspecified atom stereocenters. The summed E-state index contributed by atoms with van der Waals surface area (Å²) in [6, 6.07) is 16.6. The van der Waals surface area contributed by atoms with E-state index in [9.17, 15) is 15.4 Å². The van der Waals surface area contributed by atoms with Gasteiger partial charge in [0.2, 0.25) is 0 Å². The van der Waals surface area contributed by atoms with Crippen molar-refractivity contribution in [1.29, 1.82) is 5.26 Å². The normalized spacial score (nSPS) is 11.0. The summed E-state index contributed by atoms with van der Waals surface area (Å²) >= 11 is 15.5. The van der Waals surface area contributed by atoms with Crippen LogP contribution in [0, 0.1) is 21.4 Å². The lowest BCUT2D eigenvalue weighted by atomic mass is 10.0. The number of non-ortho nitro benzene ring substituents is 1. The second-order valence-electron chi connectivity index (χ2n) is 6.54. The van der Waals surface area contributed by atoms with E-state index < -0.39 is 4.92 Å². The molecular weight excluding hydrogens is 519 g/mol. The molecule has 6 nitrogen and oxygen atoms in total. The van der Waals surface area contributed by atoms with E-state index in [1.54, 1.807) is 30.3 Å². The number of rotatable bonds is 7. The SMILES string of the molecule is COc1cc(/C=C(/C#N)c2ccc([N+](=O)[O-])cc2)c(Br)cc1OCc1ccc(Cl)c(Cl)c1. The van der Waals surface area contributed by atoms with Crippen molar-refractivity contribution in [3.05, 3.63) is 95.9 Å². The van der Waals surface area contributed by atoms with Crippen molar-refractivity contribution >= 4 is 56.5 Å². The average Bonchev–Trinajstić information content (AvgIpc) is 2.79. The summed E-state index contributed by atoms with van der Waals surface area (Å²) in [5, 5.41) is 21.4. The van der Waals surface area contributed by atoms with E-state index in [-0.39, 0.29) is 12.3 Å². The molecule has 9 heteroatoms. The number of allylic oxidation sites excluding steroid dienone is 1. The molecule has 0 bridgehead atoms. The molecule has 0 aliphatic heterocycles. The van der Waals surface area contributed by atoms with Crippen LogP contribution in [-0.2, 0) is 6.61 Å². The Morgan fingerprint density at radius 2 is 1.84 bits per heavy atom. The molecular formula is C23H15BrCl2N2O4. The van der Waals surface area contributed by atoms with Gasteiger partial charge in [-0.15, -0.1) is 0 Å². The lowest BCUT2D eigenvalue weighted by Crippen LogP contribution is -1.98. The zero-order chi connectivity index (χ0) is 23.3. The number of benzene rings is 3. The van der Waals surface area contributed by atoms with E-state index in [1.165, 1.54) is 31.4 Å². The number of ether oxygens (including phenoxy) is 2. The van der Waals surface area contributed by atoms with Crippen molar-refractivity contribution in [2.45, 2.75) is 6.61 Å². The van der Waals surface area contributed by atoms with Crippen molar-refractivity contribution in [3.8, 4) is 17.6 Å². The molecule has 0 N–H and O–H groups in total. The van der Waals surface area contributed by atoms with Gasteiger partial charge in [0.05, 0.1) is 33.7 Å². The van der Waals surface area contributed by atoms with E-state index in [0.717, 1.165) is 5.56 Å². The second kappa shape index (κ2) is 10.5. The number of hydrogen-bond acceptors (Lipinski definition) is 5. The first kappa shape index (κ1) is 23.6. The number of methoxy groups -OCH3 is 1. The van der Waals surface area contributed by atoms with Crippen molar-refractivity contribution in [1.82, 2.24) is 0 Å². The fourth-order valence-corrected chi connectivity index (χ4v) is 3.58. The summed E-state index contributed by atoms with van der Waals surface area (Å²) in [4.78, 5) is 10.4. The van der Waals surface area contributed by atoms with Gasteiger partial charge in [0.1, 0.15) is 6.61 Å². The molecule has 0 aliphatic carbocycles. The molecule has 0 atom stereocenters. The van der Waals surface area contributed by atoms with E-state index in [1.807, 2.05) is 6.07 Å². The highest BCUT2D eigenvalue weighted by Gasteiger charge is 2.12. The first-order chi connectivity index (χ1) is 15.3. The van der Waals surface area contributed by atoms with Gasteiger partial charge in [0.25, 0.3) is 5.69 Å². The number of nitriles is 1. The lowest BCUT2D eigenvalue weighted by molar-refractivity contribution is -0.384. The number of nitrogens with zero attached hydrogens (tertiary/aromatic N) is 2. The van der Waals surface area contributed by atoms with Crippen LogP contribution in [-0.4, -0.2) is 12.0 Å². The highest BCUT2D eigenvalue weighted by atomic mass is 79.9. The number of halogens is 3. The molecule has 32 heavy (non-hydrogen) atoms. The van der Waals surface area contributed by atoms with E-state index in [4.69, 9.17) is 32.7 Å². The zero-order valence-electron chi connectivity index (χ0n) is 16.6. The van der Waals surface area contributed by atoms with Crippen LogP contribution in [0.25, 0.3) is 11.6 Å². The highest BCUT2D eigenvalue weighted by molar-refractivity contribution is 9.10. The van der Waals surface area contributed by atoms with Gasteiger partial charge in [-0.3, -0.25) is 10.1 Å². The van der Waals surface area contributed by atoms with Crippen LogP contribution in [0.2, 0.25) is 10.0 Å². The van der Waals surface area contributed by atoms with Gasteiger partial charge in [0.15, 0.2) is 11.5 Å². The van der Waals surface area contributed by atoms with Gasteiger partial charge in [-0.2, -0.15) is 5.26 Å². The van der Waals surface area contributed by atoms with Crippen LogP contribution >= 0.6 is 39.1 Å². The standard InChI is InChI=1S/C23H15BrCl2N2O4/c1-31-22-10-16(9-17(12-27)15-3-5-18(6-4-15)28(29)30)19(24)11-23(22)32-13-14-2-7-20(25)21(26)8-14/h2-11H,13H2,1H3/b17-9-. The Bertz CT molecular complexity index is 1240. The average molecular weight is 534 g/mol. The van der Waals surface area contributed by atoms with E-state index in [0.29, 0.717) is 42.7 Å². The predicted molar refractivity (Wildman–Crippen MR) is 128 cm³/mol. The molecule has 3 aromatic carbocycles. The molecule has 3 aromatic rings. The maximum atomic E-state index is 10.8. The number of nitro benzene ring substituents is 1. The van der Waals surface area contributed by atoms with Gasteiger partial charge in [-0.25, -0.2) is 0 Å². The van der Waals surface area contributed by atoms with Gasteiger partial charge >= 0.3 is 0 Å². The quantitative estimate of drug-likeness (QED) is 0.137. The summed E-state index contributed by atoms with van der Waals surface area (Å²) in [5.74, 6) is 0.969. The summed E-state index contributed by atoms with van der Waals surface area (Å²) in [7, 11) is 1.52. The lowest BCUT2D eigenvalue weighted by Gasteiger charge is -2.13. The molecule has 0 saturated heterocycles. The molecule has 0 saturated carbocycles. The third kappa shape index (κ3) is 5.60. The molecule has 162 valence electrons. The van der Waals surface area contributed by atoms with Crippen molar-refractivity contribution < 1.29 is 14.4 Å². The topological polar surface area (TPSA) is 85.4 Å². The predicted octanol–water partition coefficient (Wildman–Crippen LogP) is 7.32. The summed E-state index contributed by atoms with van der Waals surface area (Å²) in [5.41, 5.74) is 2.37. The zero-order valence-corrected chi connectivity index (χ0v) is 19.7. The van der Waals surface area contributed by atoms with Crippen LogP contribution < -0.4 is 9.47 Å². The third-order valence-electron chi connectivity index (χ3n) is 4.47. The van der Waals surface area contributed by atoms with Crippen molar-refractivity contribution in [2.75, 3.05) is 7.11 Å². The molecule has 0 aliphatic rings. The van der Waals surface area contributed by atoms with Crippen LogP contribution in [0.15, 0.2) is 59.1 Å². The number of hydrogen-bond donors (Lipinski definition) is 0.